The summed E-state index contributed by atoms with van der Waals surface area (Å²) in [6.45, 7) is 10.2. The molecule has 0 bridgehead atoms. The van der Waals surface area contributed by atoms with E-state index in [1.807, 2.05) is 6.92 Å². The lowest BCUT2D eigenvalue weighted by Gasteiger charge is -2.25. The van der Waals surface area contributed by atoms with Crippen molar-refractivity contribution in [3.8, 4) is 0 Å². The summed E-state index contributed by atoms with van der Waals surface area (Å²) in [6.07, 6.45) is 5.41. The number of aryl methyl sites for hydroxylation is 1. The molecule has 1 aliphatic rings. The molecule has 20 heavy (non-hydrogen) atoms. The van der Waals surface area contributed by atoms with Gasteiger partial charge in [-0.05, 0) is 44.6 Å². The first-order valence-corrected chi connectivity index (χ1v) is 7.97. The van der Waals surface area contributed by atoms with Gasteiger partial charge in [-0.2, -0.15) is 0 Å². The van der Waals surface area contributed by atoms with Crippen LogP contribution >= 0.6 is 0 Å². The number of hydrogen-bond donors (Lipinski definition) is 1. The summed E-state index contributed by atoms with van der Waals surface area (Å²) in [7, 11) is 0. The van der Waals surface area contributed by atoms with Crippen molar-refractivity contribution in [2.75, 3.05) is 0 Å². The molecule has 1 saturated carbocycles. The van der Waals surface area contributed by atoms with Crippen molar-refractivity contribution in [2.45, 2.75) is 78.7 Å². The highest BCUT2D eigenvalue weighted by atomic mass is 16.5. The van der Waals surface area contributed by atoms with E-state index in [1.54, 1.807) is 0 Å². The molecule has 3 nitrogen and oxygen atoms in total. The Morgan fingerprint density at radius 3 is 2.65 bits per heavy atom. The van der Waals surface area contributed by atoms with Crippen LogP contribution in [0.1, 0.15) is 63.5 Å². The van der Waals surface area contributed by atoms with Crippen LogP contribution in [0.15, 0.2) is 10.5 Å². The van der Waals surface area contributed by atoms with Gasteiger partial charge >= 0.3 is 0 Å². The van der Waals surface area contributed by atoms with E-state index in [4.69, 9.17) is 9.15 Å². The molecule has 0 aliphatic heterocycles. The summed E-state index contributed by atoms with van der Waals surface area (Å²) in [6, 6.07) is 2.63. The molecule has 1 aromatic heterocycles. The van der Waals surface area contributed by atoms with Gasteiger partial charge in [0.25, 0.3) is 0 Å². The van der Waals surface area contributed by atoms with E-state index in [0.717, 1.165) is 24.0 Å². The molecule has 0 radical (unpaired) electrons. The van der Waals surface area contributed by atoms with E-state index in [0.29, 0.717) is 18.8 Å². The number of furan rings is 1. The molecule has 1 aromatic rings. The Morgan fingerprint density at radius 2 is 2.00 bits per heavy atom. The smallest absolute Gasteiger partial charge is 0.130 e. The average molecular weight is 279 g/mol. The average Bonchev–Trinajstić information content (AvgIpc) is 2.76. The van der Waals surface area contributed by atoms with Crippen molar-refractivity contribution < 1.29 is 9.15 Å². The van der Waals surface area contributed by atoms with E-state index in [-0.39, 0.29) is 0 Å². The van der Waals surface area contributed by atoms with Crippen LogP contribution in [0.2, 0.25) is 0 Å². The predicted octanol–water partition coefficient (Wildman–Crippen LogP) is 4.18. The zero-order chi connectivity index (χ0) is 14.5. The molecular weight excluding hydrogens is 250 g/mol. The molecule has 0 aromatic carbocycles. The minimum absolute atomic E-state index is 0.425. The Bertz CT molecular complexity index is 403. The van der Waals surface area contributed by atoms with Crippen molar-refractivity contribution in [3.05, 3.63) is 23.2 Å². The lowest BCUT2D eigenvalue weighted by atomic mass is 9.89. The minimum Gasteiger partial charge on any atom is -0.464 e. The van der Waals surface area contributed by atoms with Gasteiger partial charge in [-0.3, -0.25) is 0 Å². The molecule has 0 spiro atoms. The third-order valence-corrected chi connectivity index (χ3v) is 4.20. The topological polar surface area (TPSA) is 34.4 Å². The van der Waals surface area contributed by atoms with E-state index in [9.17, 15) is 0 Å². The van der Waals surface area contributed by atoms with Gasteiger partial charge in [-0.15, -0.1) is 0 Å². The molecule has 0 amide bonds. The van der Waals surface area contributed by atoms with Gasteiger partial charge in [-0.1, -0.05) is 20.8 Å². The van der Waals surface area contributed by atoms with Crippen molar-refractivity contribution in [1.82, 2.24) is 5.32 Å². The second kappa shape index (κ2) is 7.28. The Hall–Kier alpha value is -0.800. The van der Waals surface area contributed by atoms with Crippen LogP contribution in [0.25, 0.3) is 0 Å². The summed E-state index contributed by atoms with van der Waals surface area (Å²) in [5.74, 6) is 2.84. The highest BCUT2D eigenvalue weighted by Gasteiger charge is 2.19. The fraction of sp³-hybridized carbons (Fsp3) is 0.765. The maximum atomic E-state index is 6.00. The number of ether oxygens (including phenoxy) is 1. The Balaban J connectivity index is 1.79. The van der Waals surface area contributed by atoms with Gasteiger partial charge in [0.2, 0.25) is 0 Å². The monoisotopic (exact) mass is 279 g/mol. The third kappa shape index (κ3) is 4.64. The van der Waals surface area contributed by atoms with Gasteiger partial charge in [0.15, 0.2) is 0 Å². The number of rotatable bonds is 6. The second-order valence-electron chi connectivity index (χ2n) is 6.52. The van der Waals surface area contributed by atoms with E-state index in [1.165, 1.54) is 31.2 Å². The third-order valence-electron chi connectivity index (χ3n) is 4.20. The van der Waals surface area contributed by atoms with Crippen LogP contribution in [0.3, 0.4) is 0 Å². The maximum Gasteiger partial charge on any atom is 0.130 e. The first kappa shape index (κ1) is 15.6. The van der Waals surface area contributed by atoms with Crippen molar-refractivity contribution in [3.63, 3.8) is 0 Å². The fourth-order valence-electron chi connectivity index (χ4n) is 2.74. The van der Waals surface area contributed by atoms with Crippen LogP contribution in [-0.2, 0) is 17.9 Å². The van der Waals surface area contributed by atoms with Crippen LogP contribution in [0.4, 0.5) is 0 Å². The molecule has 1 heterocycles. The van der Waals surface area contributed by atoms with Crippen molar-refractivity contribution in [2.24, 2.45) is 5.92 Å². The van der Waals surface area contributed by atoms with E-state index < -0.39 is 0 Å². The van der Waals surface area contributed by atoms with Gasteiger partial charge in [0.05, 0.1) is 6.10 Å². The Kier molecular flexibility index (Phi) is 5.67. The molecule has 0 saturated heterocycles. The molecule has 2 rings (SSSR count). The van der Waals surface area contributed by atoms with Gasteiger partial charge in [-0.25, -0.2) is 0 Å². The van der Waals surface area contributed by atoms with Crippen LogP contribution in [-0.4, -0.2) is 12.1 Å². The Labute approximate surface area is 123 Å². The maximum absolute atomic E-state index is 6.00. The number of nitrogens with one attached hydrogen (secondary N) is 1. The molecule has 0 unspecified atom stereocenters. The Morgan fingerprint density at radius 1 is 1.30 bits per heavy atom. The molecular formula is C17H29NO2. The fourth-order valence-corrected chi connectivity index (χ4v) is 2.74. The largest absolute Gasteiger partial charge is 0.464 e. The molecule has 1 fully saturated rings. The summed E-state index contributed by atoms with van der Waals surface area (Å²) in [5.41, 5.74) is 1.24. The van der Waals surface area contributed by atoms with Gasteiger partial charge in [0.1, 0.15) is 18.1 Å². The normalized spacial score (nSPS) is 23.4. The molecule has 3 heteroatoms. The summed E-state index contributed by atoms with van der Waals surface area (Å²) < 4.78 is 11.8. The summed E-state index contributed by atoms with van der Waals surface area (Å²) >= 11 is 0. The lowest BCUT2D eigenvalue weighted by molar-refractivity contribution is 0.00103. The van der Waals surface area contributed by atoms with Gasteiger partial charge < -0.3 is 14.5 Å². The van der Waals surface area contributed by atoms with E-state index >= 15 is 0 Å². The molecule has 1 aliphatic carbocycles. The van der Waals surface area contributed by atoms with Crippen LogP contribution < -0.4 is 5.32 Å². The van der Waals surface area contributed by atoms with Crippen molar-refractivity contribution in [1.29, 1.82) is 0 Å². The summed E-state index contributed by atoms with van der Waals surface area (Å²) in [5, 5.41) is 3.43. The molecule has 0 atom stereocenters. The number of hydrogen-bond acceptors (Lipinski definition) is 3. The highest BCUT2D eigenvalue weighted by molar-refractivity contribution is 5.20. The van der Waals surface area contributed by atoms with Crippen LogP contribution in [0, 0.1) is 12.8 Å². The van der Waals surface area contributed by atoms with Gasteiger partial charge in [0, 0.05) is 18.2 Å². The standard InChI is InChI=1S/C17H29NO2/c1-12(2)18-10-15-9-17(20-14(15)4)11-19-16-7-5-13(3)6-8-16/h9,12-13,16,18H,5-8,10-11H2,1-4H3. The quantitative estimate of drug-likeness (QED) is 0.848. The zero-order valence-electron chi connectivity index (χ0n) is 13.4. The SMILES string of the molecule is Cc1oc(COC2CCC(C)CC2)cc1CNC(C)C. The van der Waals surface area contributed by atoms with Crippen LogP contribution in [0.5, 0.6) is 0 Å². The zero-order valence-corrected chi connectivity index (χ0v) is 13.4. The first-order valence-electron chi connectivity index (χ1n) is 7.97. The van der Waals surface area contributed by atoms with Crippen molar-refractivity contribution >= 4 is 0 Å². The summed E-state index contributed by atoms with van der Waals surface area (Å²) in [4.78, 5) is 0. The second-order valence-corrected chi connectivity index (χ2v) is 6.52. The highest BCUT2D eigenvalue weighted by Crippen LogP contribution is 2.26. The molecule has 114 valence electrons. The predicted molar refractivity (Wildman–Crippen MR) is 81.6 cm³/mol. The first-order chi connectivity index (χ1) is 9.54. The van der Waals surface area contributed by atoms with E-state index in [2.05, 4.69) is 32.2 Å². The molecule has 1 N–H and O–H groups in total. The minimum atomic E-state index is 0.425. The lowest BCUT2D eigenvalue weighted by Crippen LogP contribution is -2.21.